The van der Waals surface area contributed by atoms with E-state index in [2.05, 4.69) is 66.2 Å². The predicted octanol–water partition coefficient (Wildman–Crippen LogP) is 5.02. The van der Waals surface area contributed by atoms with Gasteiger partial charge in [-0.25, -0.2) is 19.9 Å². The van der Waals surface area contributed by atoms with Gasteiger partial charge >= 0.3 is 0 Å². The molecule has 0 radical (unpaired) electrons. The van der Waals surface area contributed by atoms with Gasteiger partial charge in [-0.15, -0.1) is 0 Å². The van der Waals surface area contributed by atoms with Gasteiger partial charge in [0.25, 0.3) is 0 Å². The number of H-pyrrole nitrogens is 1. The first-order valence-corrected chi connectivity index (χ1v) is 10.2. The molecule has 5 rings (SSSR count). The quantitative estimate of drug-likeness (QED) is 0.396. The number of nitrogens with zero attached hydrogens (tertiary/aromatic N) is 4. The summed E-state index contributed by atoms with van der Waals surface area (Å²) in [7, 11) is 0. The van der Waals surface area contributed by atoms with Crippen molar-refractivity contribution < 1.29 is 0 Å². The van der Waals surface area contributed by atoms with Gasteiger partial charge in [-0.3, -0.25) is 0 Å². The monoisotopic (exact) mass is 456 g/mol. The minimum absolute atomic E-state index is 0.419. The number of aromatic amines is 1. The first-order chi connectivity index (χ1) is 14.7. The van der Waals surface area contributed by atoms with Crippen molar-refractivity contribution in [3.8, 4) is 22.4 Å². The minimum Gasteiger partial charge on any atom is -0.383 e. The van der Waals surface area contributed by atoms with Crippen molar-refractivity contribution in [3.05, 3.63) is 89.2 Å². The van der Waals surface area contributed by atoms with Crippen LogP contribution >= 0.6 is 15.9 Å². The largest absolute Gasteiger partial charge is 0.383 e. The smallest absolute Gasteiger partial charge is 0.165 e. The highest BCUT2D eigenvalue weighted by atomic mass is 79.9. The Balaban J connectivity index is 1.61. The summed E-state index contributed by atoms with van der Waals surface area (Å²) in [6, 6.07) is 18.5. The topological polar surface area (TPSA) is 93.4 Å². The molecule has 0 spiro atoms. The Morgan fingerprint density at radius 3 is 2.57 bits per heavy atom. The van der Waals surface area contributed by atoms with Gasteiger partial charge in [0.2, 0.25) is 0 Å². The van der Waals surface area contributed by atoms with E-state index < -0.39 is 0 Å². The lowest BCUT2D eigenvalue weighted by Gasteiger charge is -2.11. The summed E-state index contributed by atoms with van der Waals surface area (Å²) >= 11 is 3.55. The van der Waals surface area contributed by atoms with Gasteiger partial charge in [0, 0.05) is 28.9 Å². The number of nitrogen functional groups attached to an aromatic ring is 1. The van der Waals surface area contributed by atoms with Gasteiger partial charge in [0.05, 0.1) is 11.1 Å². The fraction of sp³-hybridized carbons (Fsp3) is 0.0435. The van der Waals surface area contributed by atoms with Crippen LogP contribution in [0.1, 0.15) is 11.4 Å². The normalized spacial score (nSPS) is 11.1. The molecule has 0 aliphatic heterocycles. The molecule has 0 saturated heterocycles. The van der Waals surface area contributed by atoms with Crippen LogP contribution in [0.2, 0.25) is 0 Å². The summed E-state index contributed by atoms with van der Waals surface area (Å²) in [4.78, 5) is 20.7. The highest BCUT2D eigenvalue weighted by Crippen LogP contribution is 2.34. The molecule has 0 fully saturated rings. The number of rotatable bonds is 4. The lowest BCUT2D eigenvalue weighted by Crippen LogP contribution is -1.99. The Bertz CT molecular complexity index is 1330. The number of aromatic nitrogens is 5. The van der Waals surface area contributed by atoms with Crippen molar-refractivity contribution in [2.75, 3.05) is 5.73 Å². The highest BCUT2D eigenvalue weighted by molar-refractivity contribution is 9.10. The van der Waals surface area contributed by atoms with Crippen LogP contribution in [0.5, 0.6) is 0 Å². The summed E-state index contributed by atoms with van der Waals surface area (Å²) in [6.07, 6.45) is 5.80. The molecule has 0 aliphatic carbocycles. The molecule has 0 unspecified atom stereocenters. The molecule has 6 nitrogen and oxygen atoms in total. The van der Waals surface area contributed by atoms with E-state index in [-0.39, 0.29) is 0 Å². The third-order valence-electron chi connectivity index (χ3n) is 4.95. The van der Waals surface area contributed by atoms with Crippen LogP contribution in [0.25, 0.3) is 33.4 Å². The maximum atomic E-state index is 6.19. The third kappa shape index (κ3) is 3.55. The number of fused-ring (bicyclic) bond motifs is 1. The lowest BCUT2D eigenvalue weighted by atomic mass is 9.99. The number of benzene rings is 2. The molecule has 3 heterocycles. The number of pyridine rings is 1. The van der Waals surface area contributed by atoms with Gasteiger partial charge in [0.1, 0.15) is 18.0 Å². The molecule has 3 N–H and O–H groups in total. The second kappa shape index (κ2) is 7.68. The molecule has 5 aromatic rings. The average Bonchev–Trinajstić information content (AvgIpc) is 3.27. The predicted molar refractivity (Wildman–Crippen MR) is 122 cm³/mol. The van der Waals surface area contributed by atoms with Crippen molar-refractivity contribution in [2.45, 2.75) is 6.42 Å². The second-order valence-electron chi connectivity index (χ2n) is 6.93. The zero-order chi connectivity index (χ0) is 20.5. The SMILES string of the molecule is Nc1ncnc2nc(-c3ccc(Cc4ncc[nH]4)cc3)cc(-c3cccc(Br)c3)c12. The Hall–Kier alpha value is -3.58. The number of anilines is 1. The molecule has 30 heavy (non-hydrogen) atoms. The van der Waals surface area contributed by atoms with Gasteiger partial charge in [0.15, 0.2) is 5.65 Å². The molecule has 0 aliphatic rings. The van der Waals surface area contributed by atoms with Gasteiger partial charge < -0.3 is 10.7 Å². The van der Waals surface area contributed by atoms with Crippen LogP contribution in [0.15, 0.2) is 77.8 Å². The van der Waals surface area contributed by atoms with E-state index in [1.54, 1.807) is 6.20 Å². The summed E-state index contributed by atoms with van der Waals surface area (Å²) < 4.78 is 0.990. The first kappa shape index (κ1) is 18.4. The molecule has 0 bridgehead atoms. The zero-order valence-corrected chi connectivity index (χ0v) is 17.5. The maximum Gasteiger partial charge on any atom is 0.165 e. The average molecular weight is 457 g/mol. The first-order valence-electron chi connectivity index (χ1n) is 9.42. The summed E-state index contributed by atoms with van der Waals surface area (Å²) in [5.41, 5.74) is 11.8. The van der Waals surface area contributed by atoms with Crippen molar-refractivity contribution >= 4 is 32.8 Å². The fourth-order valence-electron chi connectivity index (χ4n) is 3.50. The number of nitrogens with two attached hydrogens (primary N) is 1. The van der Waals surface area contributed by atoms with Crippen LogP contribution < -0.4 is 5.73 Å². The minimum atomic E-state index is 0.419. The van der Waals surface area contributed by atoms with Crippen LogP contribution in [0.3, 0.4) is 0 Å². The van der Waals surface area contributed by atoms with E-state index in [0.717, 1.165) is 44.5 Å². The molecule has 0 atom stereocenters. The Labute approximate surface area is 181 Å². The van der Waals surface area contributed by atoms with E-state index in [1.165, 1.54) is 11.9 Å². The highest BCUT2D eigenvalue weighted by Gasteiger charge is 2.14. The van der Waals surface area contributed by atoms with Crippen molar-refractivity contribution in [1.29, 1.82) is 0 Å². The molecular weight excluding hydrogens is 440 g/mol. The third-order valence-corrected chi connectivity index (χ3v) is 5.44. The lowest BCUT2D eigenvalue weighted by molar-refractivity contribution is 1.03. The van der Waals surface area contributed by atoms with Crippen LogP contribution in [-0.2, 0) is 6.42 Å². The van der Waals surface area contributed by atoms with Crippen molar-refractivity contribution in [3.63, 3.8) is 0 Å². The van der Waals surface area contributed by atoms with E-state index in [9.17, 15) is 0 Å². The van der Waals surface area contributed by atoms with E-state index in [4.69, 9.17) is 10.7 Å². The number of hydrogen-bond acceptors (Lipinski definition) is 5. The van der Waals surface area contributed by atoms with E-state index >= 15 is 0 Å². The maximum absolute atomic E-state index is 6.19. The second-order valence-corrected chi connectivity index (χ2v) is 7.85. The molecule has 0 saturated carbocycles. The van der Waals surface area contributed by atoms with Crippen molar-refractivity contribution in [2.24, 2.45) is 0 Å². The van der Waals surface area contributed by atoms with Crippen LogP contribution in [-0.4, -0.2) is 24.9 Å². The Morgan fingerprint density at radius 2 is 1.80 bits per heavy atom. The number of imidazole rings is 1. The van der Waals surface area contributed by atoms with Gasteiger partial charge in [-0.1, -0.05) is 52.3 Å². The number of hydrogen-bond donors (Lipinski definition) is 2. The fourth-order valence-corrected chi connectivity index (χ4v) is 3.90. The summed E-state index contributed by atoms with van der Waals surface area (Å²) in [5.74, 6) is 1.36. The van der Waals surface area contributed by atoms with Crippen molar-refractivity contribution in [1.82, 2.24) is 24.9 Å². The molecule has 0 amide bonds. The Kier molecular flexibility index (Phi) is 4.72. The van der Waals surface area contributed by atoms with E-state index in [0.29, 0.717) is 11.5 Å². The zero-order valence-electron chi connectivity index (χ0n) is 15.9. The molecule has 146 valence electrons. The molecule has 2 aromatic carbocycles. The molecular formula is C23H17BrN6. The summed E-state index contributed by atoms with van der Waals surface area (Å²) in [5, 5.41) is 0.758. The number of halogens is 1. The van der Waals surface area contributed by atoms with Gasteiger partial charge in [-0.05, 0) is 34.9 Å². The molecule has 7 heteroatoms. The summed E-state index contributed by atoms with van der Waals surface area (Å²) in [6.45, 7) is 0. The Morgan fingerprint density at radius 1 is 0.933 bits per heavy atom. The molecule has 3 aromatic heterocycles. The van der Waals surface area contributed by atoms with Crippen LogP contribution in [0, 0.1) is 0 Å². The standard InChI is InChI=1S/C23H17BrN6/c24-17-3-1-2-16(11-17)18-12-19(30-23-21(18)22(25)28-13-29-23)15-6-4-14(5-7-15)10-20-26-8-9-27-20/h1-9,11-13H,10H2,(H,26,27)(H2,25,28,29,30). The number of nitrogens with one attached hydrogen (secondary N) is 1. The van der Waals surface area contributed by atoms with E-state index in [1.807, 2.05) is 30.5 Å². The van der Waals surface area contributed by atoms with Gasteiger partial charge in [-0.2, -0.15) is 0 Å². The van der Waals surface area contributed by atoms with Crippen LogP contribution in [0.4, 0.5) is 5.82 Å².